The third-order valence-corrected chi connectivity index (χ3v) is 2.71. The molecule has 0 aromatic carbocycles. The minimum absolute atomic E-state index is 0.0139. The van der Waals surface area contributed by atoms with E-state index >= 15 is 0 Å². The minimum atomic E-state index is -0.623. The second-order valence-corrected chi connectivity index (χ2v) is 3.88. The molecule has 0 unspecified atom stereocenters. The lowest BCUT2D eigenvalue weighted by Gasteiger charge is -2.08. The highest BCUT2D eigenvalue weighted by Crippen LogP contribution is 2.14. The number of aromatic nitrogens is 1. The van der Waals surface area contributed by atoms with Crippen molar-refractivity contribution in [3.8, 4) is 0 Å². The van der Waals surface area contributed by atoms with Crippen molar-refractivity contribution in [2.75, 3.05) is 13.2 Å². The van der Waals surface area contributed by atoms with Crippen LogP contribution in [0, 0.1) is 0 Å². The molecular weight excluding hydrogens is 302 g/mol. The molecule has 0 saturated carbocycles. The molecule has 98 valence electrons. The molecule has 0 saturated heterocycles. The van der Waals surface area contributed by atoms with E-state index in [1.165, 1.54) is 6.20 Å². The number of halogens is 1. The monoisotopic (exact) mass is 315 g/mol. The van der Waals surface area contributed by atoms with Crippen molar-refractivity contribution < 1.29 is 19.1 Å². The van der Waals surface area contributed by atoms with E-state index in [9.17, 15) is 9.59 Å². The van der Waals surface area contributed by atoms with E-state index in [4.69, 9.17) is 9.47 Å². The number of carbonyl (C=O) groups is 2. The Morgan fingerprint density at radius 2 is 1.83 bits per heavy atom. The number of hydrogen-bond donors (Lipinski definition) is 0. The van der Waals surface area contributed by atoms with E-state index in [1.54, 1.807) is 19.9 Å². The Morgan fingerprint density at radius 3 is 2.39 bits per heavy atom. The van der Waals surface area contributed by atoms with Gasteiger partial charge in [0.25, 0.3) is 0 Å². The van der Waals surface area contributed by atoms with Gasteiger partial charge in [-0.2, -0.15) is 0 Å². The molecule has 0 radical (unpaired) electrons. The zero-order valence-corrected chi connectivity index (χ0v) is 11.8. The van der Waals surface area contributed by atoms with Crippen molar-refractivity contribution >= 4 is 27.9 Å². The fourth-order valence-electron chi connectivity index (χ4n) is 1.31. The fraction of sp³-hybridized carbons (Fsp3) is 0.417. The van der Waals surface area contributed by atoms with Gasteiger partial charge in [0.1, 0.15) is 0 Å². The van der Waals surface area contributed by atoms with Crippen molar-refractivity contribution in [1.82, 2.24) is 4.98 Å². The first-order chi connectivity index (χ1) is 8.63. The molecule has 5 nitrogen and oxygen atoms in total. The van der Waals surface area contributed by atoms with Crippen molar-refractivity contribution in [1.29, 1.82) is 0 Å². The van der Waals surface area contributed by atoms with Gasteiger partial charge in [0.2, 0.25) is 0 Å². The van der Waals surface area contributed by atoms with Crippen LogP contribution in [0.3, 0.4) is 0 Å². The normalized spacial score (nSPS) is 9.94. The molecular formula is C12H14BrNO4. The number of hydrogen-bond acceptors (Lipinski definition) is 5. The average molecular weight is 316 g/mol. The molecule has 1 heterocycles. The lowest BCUT2D eigenvalue weighted by Crippen LogP contribution is -2.16. The van der Waals surface area contributed by atoms with Crippen molar-refractivity contribution in [3.05, 3.63) is 29.1 Å². The first kappa shape index (κ1) is 14.6. The molecule has 6 heteroatoms. The lowest BCUT2D eigenvalue weighted by molar-refractivity contribution is 0.0473. The lowest BCUT2D eigenvalue weighted by atomic mass is 10.1. The fourth-order valence-corrected chi connectivity index (χ4v) is 1.61. The van der Waals surface area contributed by atoms with E-state index in [0.717, 1.165) is 5.56 Å². The largest absolute Gasteiger partial charge is 0.462 e. The number of nitrogens with zero attached hydrogens (tertiary/aromatic N) is 1. The molecule has 0 atom stereocenters. The van der Waals surface area contributed by atoms with Crippen LogP contribution in [0.2, 0.25) is 0 Å². The highest BCUT2D eigenvalue weighted by molar-refractivity contribution is 9.08. The van der Waals surface area contributed by atoms with Crippen LogP contribution in [0.25, 0.3) is 0 Å². The molecule has 0 amide bonds. The van der Waals surface area contributed by atoms with Crippen LogP contribution in [-0.2, 0) is 14.8 Å². The summed E-state index contributed by atoms with van der Waals surface area (Å²) >= 11 is 3.26. The van der Waals surface area contributed by atoms with Gasteiger partial charge in [-0.3, -0.25) is 0 Å². The number of rotatable bonds is 5. The Bertz CT molecular complexity index is 448. The van der Waals surface area contributed by atoms with Crippen molar-refractivity contribution in [2.45, 2.75) is 19.2 Å². The van der Waals surface area contributed by atoms with E-state index in [2.05, 4.69) is 20.9 Å². The standard InChI is InChI=1S/C12H14BrNO4/c1-3-17-11(15)9-5-8(6-13)7-14-10(9)12(16)18-4-2/h5,7H,3-4,6H2,1-2H3. The third kappa shape index (κ3) is 3.53. The van der Waals surface area contributed by atoms with Gasteiger partial charge in [0.05, 0.1) is 18.8 Å². The first-order valence-electron chi connectivity index (χ1n) is 5.53. The summed E-state index contributed by atoms with van der Waals surface area (Å²) in [6, 6.07) is 1.58. The molecule has 0 aliphatic heterocycles. The van der Waals surface area contributed by atoms with Crippen LogP contribution in [0.4, 0.5) is 0 Å². The summed E-state index contributed by atoms with van der Waals surface area (Å²) in [6.45, 7) is 3.85. The number of carbonyl (C=O) groups excluding carboxylic acids is 2. The van der Waals surface area contributed by atoms with Crippen LogP contribution in [-0.4, -0.2) is 30.1 Å². The highest BCUT2D eigenvalue weighted by atomic mass is 79.9. The van der Waals surface area contributed by atoms with Crippen LogP contribution in [0.5, 0.6) is 0 Å². The Labute approximate surface area is 114 Å². The SMILES string of the molecule is CCOC(=O)c1cc(CBr)cnc1C(=O)OCC. The number of pyridine rings is 1. The Balaban J connectivity index is 3.15. The molecule has 1 aromatic rings. The molecule has 0 aliphatic rings. The maximum absolute atomic E-state index is 11.8. The van der Waals surface area contributed by atoms with Crippen LogP contribution < -0.4 is 0 Å². The predicted molar refractivity (Wildman–Crippen MR) is 68.8 cm³/mol. The number of alkyl halides is 1. The maximum atomic E-state index is 11.8. The van der Waals surface area contributed by atoms with Gasteiger partial charge in [-0.25, -0.2) is 14.6 Å². The average Bonchev–Trinajstić information content (AvgIpc) is 2.38. The molecule has 0 N–H and O–H groups in total. The highest BCUT2D eigenvalue weighted by Gasteiger charge is 2.21. The first-order valence-corrected chi connectivity index (χ1v) is 6.65. The van der Waals surface area contributed by atoms with Gasteiger partial charge in [-0.15, -0.1) is 0 Å². The molecule has 1 rings (SSSR count). The van der Waals surface area contributed by atoms with Crippen LogP contribution in [0.1, 0.15) is 40.3 Å². The zero-order valence-electron chi connectivity index (χ0n) is 10.2. The summed E-state index contributed by atoms with van der Waals surface area (Å²) in [5.41, 5.74) is 0.901. The van der Waals surface area contributed by atoms with E-state index < -0.39 is 11.9 Å². The summed E-state index contributed by atoms with van der Waals surface area (Å²) in [5.74, 6) is -1.20. The summed E-state index contributed by atoms with van der Waals surface area (Å²) in [6.07, 6.45) is 1.52. The topological polar surface area (TPSA) is 65.5 Å². The third-order valence-electron chi connectivity index (χ3n) is 2.06. The summed E-state index contributed by atoms with van der Waals surface area (Å²) in [5, 5.41) is 0.537. The quantitative estimate of drug-likeness (QED) is 0.616. The summed E-state index contributed by atoms with van der Waals surface area (Å²) < 4.78 is 9.74. The smallest absolute Gasteiger partial charge is 0.357 e. The number of ether oxygens (including phenoxy) is 2. The van der Waals surface area contributed by atoms with Crippen LogP contribution in [0.15, 0.2) is 12.3 Å². The second-order valence-electron chi connectivity index (χ2n) is 3.31. The maximum Gasteiger partial charge on any atom is 0.357 e. The molecule has 0 spiro atoms. The van der Waals surface area contributed by atoms with Gasteiger partial charge in [-0.1, -0.05) is 15.9 Å². The zero-order chi connectivity index (χ0) is 13.5. The predicted octanol–water partition coefficient (Wildman–Crippen LogP) is 2.33. The molecule has 18 heavy (non-hydrogen) atoms. The van der Waals surface area contributed by atoms with E-state index in [1.807, 2.05) is 0 Å². The van der Waals surface area contributed by atoms with Gasteiger partial charge >= 0.3 is 11.9 Å². The Kier molecular flexibility index (Phi) is 5.77. The molecule has 1 aromatic heterocycles. The van der Waals surface area contributed by atoms with Gasteiger partial charge in [0.15, 0.2) is 5.69 Å². The van der Waals surface area contributed by atoms with Gasteiger partial charge in [-0.05, 0) is 25.5 Å². The van der Waals surface area contributed by atoms with Crippen molar-refractivity contribution in [2.24, 2.45) is 0 Å². The second kappa shape index (κ2) is 7.10. The van der Waals surface area contributed by atoms with E-state index in [0.29, 0.717) is 5.33 Å². The van der Waals surface area contributed by atoms with Crippen molar-refractivity contribution in [3.63, 3.8) is 0 Å². The van der Waals surface area contributed by atoms with E-state index in [-0.39, 0.29) is 24.5 Å². The molecule has 0 bridgehead atoms. The van der Waals surface area contributed by atoms with Crippen LogP contribution >= 0.6 is 15.9 Å². The van der Waals surface area contributed by atoms with Gasteiger partial charge in [0, 0.05) is 11.5 Å². The minimum Gasteiger partial charge on any atom is -0.462 e. The van der Waals surface area contributed by atoms with Gasteiger partial charge < -0.3 is 9.47 Å². The summed E-state index contributed by atoms with van der Waals surface area (Å²) in [7, 11) is 0. The Morgan fingerprint density at radius 1 is 1.22 bits per heavy atom. The molecule has 0 aliphatic carbocycles. The molecule has 0 fully saturated rings. The summed E-state index contributed by atoms with van der Waals surface area (Å²) in [4.78, 5) is 27.4. The Hall–Kier alpha value is -1.43. The number of esters is 2.